The fraction of sp³-hybridized carbons (Fsp3) is 0.577. The molecule has 4 rings (SSSR count). The van der Waals surface area contributed by atoms with Crippen LogP contribution in [0.4, 0.5) is 0 Å². The summed E-state index contributed by atoms with van der Waals surface area (Å²) < 4.78 is 7.87. The maximum absolute atomic E-state index is 13.5. The highest BCUT2D eigenvalue weighted by Gasteiger charge is 2.32. The van der Waals surface area contributed by atoms with E-state index in [0.29, 0.717) is 31.0 Å². The third-order valence-corrected chi connectivity index (χ3v) is 7.72. The number of thioether (sulfide) groups is 1. The van der Waals surface area contributed by atoms with Crippen LogP contribution >= 0.6 is 11.8 Å². The van der Waals surface area contributed by atoms with Gasteiger partial charge in [0.15, 0.2) is 11.0 Å². The van der Waals surface area contributed by atoms with Crippen LogP contribution in [-0.4, -0.2) is 43.4 Å². The number of carbonyl (C=O) groups excluding carboxylic acids is 1. The molecule has 1 amide bonds. The number of ether oxygens (including phenoxy) is 1. The summed E-state index contributed by atoms with van der Waals surface area (Å²) in [5.41, 5.74) is 0. The van der Waals surface area contributed by atoms with Gasteiger partial charge in [0.2, 0.25) is 5.91 Å². The Labute approximate surface area is 201 Å². The van der Waals surface area contributed by atoms with Gasteiger partial charge in [0.05, 0.1) is 5.75 Å². The van der Waals surface area contributed by atoms with Crippen LogP contribution in [0.5, 0.6) is 5.75 Å². The molecule has 2 saturated carbocycles. The van der Waals surface area contributed by atoms with Crippen LogP contribution in [-0.2, 0) is 17.9 Å². The summed E-state index contributed by atoms with van der Waals surface area (Å²) in [5.74, 6) is 2.20. The molecular formula is C26H36N4O2S. The third-order valence-electron chi connectivity index (χ3n) is 6.77. The molecule has 6 nitrogen and oxygen atoms in total. The monoisotopic (exact) mass is 468 g/mol. The average molecular weight is 469 g/mol. The van der Waals surface area contributed by atoms with E-state index in [2.05, 4.69) is 21.7 Å². The highest BCUT2D eigenvalue weighted by atomic mass is 32.2. The maximum Gasteiger partial charge on any atom is 0.233 e. The van der Waals surface area contributed by atoms with E-state index in [1.54, 1.807) is 0 Å². The van der Waals surface area contributed by atoms with Crippen molar-refractivity contribution >= 4 is 17.7 Å². The van der Waals surface area contributed by atoms with E-state index in [1.807, 2.05) is 41.0 Å². The second kappa shape index (κ2) is 12.3. The quantitative estimate of drug-likeness (QED) is 0.334. The summed E-state index contributed by atoms with van der Waals surface area (Å²) in [6, 6.07) is 10.5. The Kier molecular flexibility index (Phi) is 8.86. The van der Waals surface area contributed by atoms with Crippen molar-refractivity contribution in [2.75, 3.05) is 5.75 Å². The van der Waals surface area contributed by atoms with Gasteiger partial charge >= 0.3 is 0 Å². The van der Waals surface area contributed by atoms with Gasteiger partial charge in [-0.15, -0.1) is 16.8 Å². The fourth-order valence-electron chi connectivity index (χ4n) is 5.13. The van der Waals surface area contributed by atoms with Gasteiger partial charge in [0.1, 0.15) is 12.4 Å². The van der Waals surface area contributed by atoms with E-state index in [0.717, 1.165) is 42.4 Å². The van der Waals surface area contributed by atoms with Gasteiger partial charge in [-0.1, -0.05) is 74.6 Å². The molecule has 2 fully saturated rings. The summed E-state index contributed by atoms with van der Waals surface area (Å²) in [7, 11) is 0. The molecule has 178 valence electrons. The number of carbonyl (C=O) groups is 1. The SMILES string of the molecule is C=CCn1c(COc2ccccc2)nnc1SCC(=O)N(C1CCCCC1)C1CCCCC1. The second-order valence-electron chi connectivity index (χ2n) is 9.07. The number of hydrogen-bond acceptors (Lipinski definition) is 5. The van der Waals surface area contributed by atoms with Gasteiger partial charge in [-0.25, -0.2) is 0 Å². The molecule has 0 radical (unpaired) electrons. The molecule has 2 aliphatic rings. The molecule has 0 bridgehead atoms. The van der Waals surface area contributed by atoms with Crippen molar-refractivity contribution < 1.29 is 9.53 Å². The third kappa shape index (κ3) is 6.40. The lowest BCUT2D eigenvalue weighted by Crippen LogP contribution is -2.49. The summed E-state index contributed by atoms with van der Waals surface area (Å²) in [5, 5.41) is 9.48. The van der Waals surface area contributed by atoms with Gasteiger partial charge in [-0.05, 0) is 37.8 Å². The van der Waals surface area contributed by atoms with E-state index in [-0.39, 0.29) is 5.91 Å². The summed E-state index contributed by atoms with van der Waals surface area (Å²) >= 11 is 1.49. The van der Waals surface area contributed by atoms with Gasteiger partial charge < -0.3 is 9.64 Å². The average Bonchev–Trinajstić information content (AvgIpc) is 3.25. The minimum Gasteiger partial charge on any atom is -0.486 e. The van der Waals surface area contributed by atoms with Crippen molar-refractivity contribution in [1.82, 2.24) is 19.7 Å². The van der Waals surface area contributed by atoms with Crippen LogP contribution in [0.25, 0.3) is 0 Å². The van der Waals surface area contributed by atoms with E-state index < -0.39 is 0 Å². The largest absolute Gasteiger partial charge is 0.486 e. The first-order valence-corrected chi connectivity index (χ1v) is 13.4. The van der Waals surface area contributed by atoms with Gasteiger partial charge in [-0.2, -0.15) is 0 Å². The molecule has 1 heterocycles. The standard InChI is InChI=1S/C26H36N4O2S/c1-2-18-29-24(19-32-23-16-10-5-11-17-23)27-28-26(29)33-20-25(31)30(21-12-6-3-7-13-21)22-14-8-4-9-15-22/h2,5,10-11,16-17,21-22H,1,3-4,6-9,12-15,18-20H2. The lowest BCUT2D eigenvalue weighted by Gasteiger charge is -2.41. The predicted molar refractivity (Wildman–Crippen MR) is 132 cm³/mol. The number of aromatic nitrogens is 3. The van der Waals surface area contributed by atoms with Gasteiger partial charge in [0, 0.05) is 18.6 Å². The Morgan fingerprint density at radius 2 is 1.67 bits per heavy atom. The Bertz CT molecular complexity index is 871. The van der Waals surface area contributed by atoms with Crippen LogP contribution in [0.2, 0.25) is 0 Å². The summed E-state index contributed by atoms with van der Waals surface area (Å²) in [6.07, 6.45) is 14.0. The van der Waals surface area contributed by atoms with Gasteiger partial charge in [-0.3, -0.25) is 9.36 Å². The highest BCUT2D eigenvalue weighted by molar-refractivity contribution is 7.99. The summed E-state index contributed by atoms with van der Waals surface area (Å²) in [6.45, 7) is 4.80. The van der Waals surface area contributed by atoms with E-state index >= 15 is 0 Å². The second-order valence-corrected chi connectivity index (χ2v) is 10.0. The molecular weight excluding hydrogens is 432 g/mol. The van der Waals surface area contributed by atoms with Crippen molar-refractivity contribution in [3.05, 3.63) is 48.8 Å². The van der Waals surface area contributed by atoms with Gasteiger partial charge in [0.25, 0.3) is 0 Å². The van der Waals surface area contributed by atoms with Crippen molar-refractivity contribution in [2.24, 2.45) is 0 Å². The fourth-order valence-corrected chi connectivity index (χ4v) is 5.97. The normalized spacial score (nSPS) is 17.6. The van der Waals surface area contributed by atoms with Crippen LogP contribution in [0, 0.1) is 0 Å². The van der Waals surface area contributed by atoms with Crippen LogP contribution in [0.3, 0.4) is 0 Å². The predicted octanol–water partition coefficient (Wildman–Crippen LogP) is 5.63. The molecule has 1 aromatic heterocycles. The number of allylic oxidation sites excluding steroid dienone is 1. The van der Waals surface area contributed by atoms with Crippen molar-refractivity contribution in [3.8, 4) is 5.75 Å². The first kappa shape index (κ1) is 23.9. The molecule has 0 aliphatic heterocycles. The topological polar surface area (TPSA) is 60.2 Å². The van der Waals surface area contributed by atoms with E-state index in [1.165, 1.54) is 50.3 Å². The molecule has 2 aliphatic carbocycles. The molecule has 0 saturated heterocycles. The summed E-state index contributed by atoms with van der Waals surface area (Å²) in [4.78, 5) is 15.8. The lowest BCUT2D eigenvalue weighted by atomic mass is 9.88. The molecule has 0 spiro atoms. The number of rotatable bonds is 10. The van der Waals surface area contributed by atoms with E-state index in [4.69, 9.17) is 4.74 Å². The molecule has 1 aromatic carbocycles. The number of benzene rings is 1. The molecule has 0 atom stereocenters. The molecule has 33 heavy (non-hydrogen) atoms. The van der Waals surface area contributed by atoms with Crippen molar-refractivity contribution in [3.63, 3.8) is 0 Å². The first-order chi connectivity index (χ1) is 16.3. The highest BCUT2D eigenvalue weighted by Crippen LogP contribution is 2.31. The van der Waals surface area contributed by atoms with Crippen molar-refractivity contribution in [2.45, 2.75) is 94.6 Å². The molecule has 0 unspecified atom stereocenters. The number of nitrogens with zero attached hydrogens (tertiary/aromatic N) is 4. The Balaban J connectivity index is 1.42. The number of hydrogen-bond donors (Lipinski definition) is 0. The van der Waals surface area contributed by atoms with Crippen molar-refractivity contribution in [1.29, 1.82) is 0 Å². The molecule has 7 heteroatoms. The van der Waals surface area contributed by atoms with Crippen LogP contribution < -0.4 is 4.74 Å². The Morgan fingerprint density at radius 1 is 1.03 bits per heavy atom. The van der Waals surface area contributed by atoms with Crippen LogP contribution in [0.1, 0.15) is 70.0 Å². The maximum atomic E-state index is 13.5. The molecule has 2 aromatic rings. The zero-order valence-corrected chi connectivity index (χ0v) is 20.3. The smallest absolute Gasteiger partial charge is 0.233 e. The Morgan fingerprint density at radius 3 is 2.27 bits per heavy atom. The first-order valence-electron chi connectivity index (χ1n) is 12.4. The molecule has 0 N–H and O–H groups in total. The number of amides is 1. The minimum atomic E-state index is 0.258. The minimum absolute atomic E-state index is 0.258. The lowest BCUT2D eigenvalue weighted by molar-refractivity contribution is -0.135. The van der Waals surface area contributed by atoms with E-state index in [9.17, 15) is 4.79 Å². The zero-order chi connectivity index (χ0) is 22.9. The zero-order valence-electron chi connectivity index (χ0n) is 19.5. The Hall–Kier alpha value is -2.28. The number of para-hydroxylation sites is 1. The van der Waals surface area contributed by atoms with Crippen LogP contribution in [0.15, 0.2) is 48.1 Å².